The van der Waals surface area contributed by atoms with Gasteiger partial charge in [0.25, 0.3) is 11.5 Å². The summed E-state index contributed by atoms with van der Waals surface area (Å²) in [4.78, 5) is 40.1. The molecule has 0 spiro atoms. The Morgan fingerprint density at radius 1 is 1.16 bits per heavy atom. The second-order valence-electron chi connectivity index (χ2n) is 7.26. The summed E-state index contributed by atoms with van der Waals surface area (Å²) in [6, 6.07) is 14.2. The maximum Gasteiger partial charge on any atom is 0.268 e. The van der Waals surface area contributed by atoms with Gasteiger partial charge in [0.2, 0.25) is 0 Å². The van der Waals surface area contributed by atoms with Crippen molar-refractivity contribution in [1.29, 1.82) is 0 Å². The third-order valence-corrected chi connectivity index (χ3v) is 5.71. The third kappa shape index (κ3) is 4.69. The number of hydrogen-bond donors (Lipinski definition) is 3. The zero-order valence-corrected chi connectivity index (χ0v) is 18.1. The van der Waals surface area contributed by atoms with Crippen LogP contribution >= 0.6 is 11.8 Å². The Morgan fingerprint density at radius 2 is 2.03 bits per heavy atom. The third-order valence-electron chi connectivity index (χ3n) is 5.07. The lowest BCUT2D eigenvalue weighted by molar-refractivity contribution is 0.0930. The first kappa shape index (κ1) is 20.9. The first-order valence-electron chi connectivity index (χ1n) is 9.96. The molecule has 4 aromatic rings. The number of thioether (sulfide) groups is 1. The first-order chi connectivity index (χ1) is 15.0. The second kappa shape index (κ2) is 9.18. The Morgan fingerprint density at radius 3 is 2.77 bits per heavy atom. The predicted molar refractivity (Wildman–Crippen MR) is 124 cm³/mol. The van der Waals surface area contributed by atoms with E-state index in [4.69, 9.17) is 0 Å². The van der Waals surface area contributed by atoms with Gasteiger partial charge in [0.05, 0.1) is 11.7 Å². The molecule has 4 rings (SSSR count). The molecule has 0 aliphatic rings. The smallest absolute Gasteiger partial charge is 0.268 e. The van der Waals surface area contributed by atoms with Gasteiger partial charge in [-0.2, -0.15) is 11.8 Å². The van der Waals surface area contributed by atoms with Crippen LogP contribution < -0.4 is 10.9 Å². The van der Waals surface area contributed by atoms with E-state index in [1.165, 1.54) is 6.07 Å². The number of nitrogens with zero attached hydrogens (tertiary/aromatic N) is 2. The lowest BCUT2D eigenvalue weighted by Crippen LogP contribution is -2.31. The lowest BCUT2D eigenvalue weighted by Gasteiger charge is -2.18. The van der Waals surface area contributed by atoms with Crippen molar-refractivity contribution < 1.29 is 4.79 Å². The molecule has 31 heavy (non-hydrogen) atoms. The fourth-order valence-corrected chi connectivity index (χ4v) is 3.95. The van der Waals surface area contributed by atoms with Crippen molar-refractivity contribution >= 4 is 28.6 Å². The molecule has 0 bridgehead atoms. The average molecular weight is 434 g/mol. The molecule has 0 radical (unpaired) electrons. The van der Waals surface area contributed by atoms with Crippen molar-refractivity contribution in [1.82, 2.24) is 25.3 Å². The number of aromatic nitrogens is 4. The van der Waals surface area contributed by atoms with Crippen LogP contribution in [0.5, 0.6) is 0 Å². The molecule has 0 aliphatic heterocycles. The summed E-state index contributed by atoms with van der Waals surface area (Å²) in [7, 11) is 0. The minimum atomic E-state index is -0.405. The SMILES string of the molecule is CSCC[C@H](NC(=O)c1cc2c(C)cccc2[nH]1)c1cc(=O)[nH]c(-c2ccccn2)n1. The van der Waals surface area contributed by atoms with Crippen LogP contribution in [0.1, 0.15) is 34.2 Å². The largest absolute Gasteiger partial charge is 0.351 e. The van der Waals surface area contributed by atoms with Gasteiger partial charge in [-0.3, -0.25) is 14.6 Å². The van der Waals surface area contributed by atoms with Crippen molar-refractivity contribution in [2.75, 3.05) is 12.0 Å². The number of H-pyrrole nitrogens is 2. The van der Waals surface area contributed by atoms with Gasteiger partial charge in [-0.25, -0.2) is 4.98 Å². The van der Waals surface area contributed by atoms with Crippen LogP contribution in [0.4, 0.5) is 0 Å². The van der Waals surface area contributed by atoms with E-state index >= 15 is 0 Å². The molecule has 158 valence electrons. The van der Waals surface area contributed by atoms with Gasteiger partial charge < -0.3 is 15.3 Å². The molecule has 0 saturated carbocycles. The Bertz CT molecular complexity index is 1270. The Labute approximate surface area is 183 Å². The highest BCUT2D eigenvalue weighted by molar-refractivity contribution is 7.98. The minimum Gasteiger partial charge on any atom is -0.351 e. The van der Waals surface area contributed by atoms with Crippen LogP contribution in [0.25, 0.3) is 22.4 Å². The van der Waals surface area contributed by atoms with E-state index in [9.17, 15) is 9.59 Å². The van der Waals surface area contributed by atoms with Crippen LogP contribution in [-0.2, 0) is 0 Å². The summed E-state index contributed by atoms with van der Waals surface area (Å²) >= 11 is 1.67. The zero-order valence-electron chi connectivity index (χ0n) is 17.3. The van der Waals surface area contributed by atoms with Gasteiger partial charge in [0, 0.05) is 23.2 Å². The summed E-state index contributed by atoms with van der Waals surface area (Å²) in [5.74, 6) is 0.959. The summed E-state index contributed by atoms with van der Waals surface area (Å²) in [6.07, 6.45) is 4.29. The number of aromatic amines is 2. The molecule has 0 fully saturated rings. The van der Waals surface area contributed by atoms with Gasteiger partial charge >= 0.3 is 0 Å². The Hall–Kier alpha value is -3.39. The molecule has 3 aromatic heterocycles. The number of fused-ring (bicyclic) bond motifs is 1. The summed E-state index contributed by atoms with van der Waals surface area (Å²) in [5.41, 5.74) is 3.30. The van der Waals surface area contributed by atoms with Gasteiger partial charge in [0.1, 0.15) is 11.4 Å². The van der Waals surface area contributed by atoms with Gasteiger partial charge in [-0.05, 0) is 55.2 Å². The minimum absolute atomic E-state index is 0.233. The maximum absolute atomic E-state index is 13.0. The number of pyridine rings is 1. The normalized spacial score (nSPS) is 12.1. The van der Waals surface area contributed by atoms with Crippen LogP contribution in [0, 0.1) is 6.92 Å². The molecule has 0 saturated heterocycles. The number of nitrogens with one attached hydrogen (secondary N) is 3. The van der Waals surface area contributed by atoms with Crippen LogP contribution in [0.2, 0.25) is 0 Å². The highest BCUT2D eigenvalue weighted by Crippen LogP contribution is 2.22. The number of carbonyl (C=O) groups excluding carboxylic acids is 1. The van der Waals surface area contributed by atoms with Gasteiger partial charge in [-0.1, -0.05) is 18.2 Å². The number of hydrogen-bond acceptors (Lipinski definition) is 5. The van der Waals surface area contributed by atoms with E-state index in [2.05, 4.69) is 25.3 Å². The van der Waals surface area contributed by atoms with Crippen LogP contribution in [0.3, 0.4) is 0 Å². The van der Waals surface area contributed by atoms with E-state index in [1.807, 2.05) is 43.5 Å². The van der Waals surface area contributed by atoms with Crippen LogP contribution in [0.15, 0.2) is 59.5 Å². The van der Waals surface area contributed by atoms with Gasteiger partial charge in [0.15, 0.2) is 5.82 Å². The first-order valence-corrected chi connectivity index (χ1v) is 11.4. The van der Waals surface area contributed by atoms with Crippen molar-refractivity contribution in [3.8, 4) is 11.5 Å². The molecule has 1 aromatic carbocycles. The molecule has 1 amide bonds. The molecule has 7 nitrogen and oxygen atoms in total. The van der Waals surface area contributed by atoms with Crippen molar-refractivity contribution in [2.24, 2.45) is 0 Å². The molecule has 3 heterocycles. The number of amides is 1. The van der Waals surface area contributed by atoms with Crippen LogP contribution in [-0.4, -0.2) is 37.9 Å². The second-order valence-corrected chi connectivity index (χ2v) is 8.25. The molecular weight excluding hydrogens is 410 g/mol. The Balaban J connectivity index is 1.65. The molecule has 3 N–H and O–H groups in total. The topological polar surface area (TPSA) is 104 Å². The fraction of sp³-hybridized carbons (Fsp3) is 0.217. The van der Waals surface area contributed by atoms with E-state index in [0.717, 1.165) is 22.2 Å². The zero-order chi connectivity index (χ0) is 21.8. The molecule has 8 heteroatoms. The highest BCUT2D eigenvalue weighted by atomic mass is 32.2. The van der Waals surface area contributed by atoms with Crippen molar-refractivity contribution in [3.05, 3.63) is 82.0 Å². The van der Waals surface area contributed by atoms with Gasteiger partial charge in [-0.15, -0.1) is 0 Å². The summed E-state index contributed by atoms with van der Waals surface area (Å²) in [6.45, 7) is 2.01. The fourth-order valence-electron chi connectivity index (χ4n) is 3.47. The maximum atomic E-state index is 13.0. The standard InChI is InChI=1S/C23H23N5O2S/c1-14-6-5-8-16-15(14)12-20(25-16)23(30)27-17(9-11-31-2)19-13-21(29)28-22(26-19)18-7-3-4-10-24-18/h3-8,10,12-13,17,25H,9,11H2,1-2H3,(H,27,30)(H,26,28,29)/t17-/m0/s1. The number of rotatable bonds is 7. The van der Waals surface area contributed by atoms with E-state index in [1.54, 1.807) is 30.1 Å². The highest BCUT2D eigenvalue weighted by Gasteiger charge is 2.20. The molecule has 1 atom stereocenters. The molecule has 0 unspecified atom stereocenters. The van der Waals surface area contributed by atoms with E-state index in [-0.39, 0.29) is 11.5 Å². The van der Waals surface area contributed by atoms with E-state index < -0.39 is 6.04 Å². The number of carbonyl (C=O) groups is 1. The van der Waals surface area contributed by atoms with Crippen molar-refractivity contribution in [2.45, 2.75) is 19.4 Å². The lowest BCUT2D eigenvalue weighted by atomic mass is 10.1. The van der Waals surface area contributed by atoms with Crippen molar-refractivity contribution in [3.63, 3.8) is 0 Å². The number of aryl methyl sites for hydroxylation is 1. The summed E-state index contributed by atoms with van der Waals surface area (Å²) in [5, 5.41) is 4.07. The van der Waals surface area contributed by atoms with E-state index in [0.29, 0.717) is 29.3 Å². The monoisotopic (exact) mass is 433 g/mol. The Kier molecular flexibility index (Phi) is 6.18. The summed E-state index contributed by atoms with van der Waals surface area (Å²) < 4.78 is 0. The average Bonchev–Trinajstić information content (AvgIpc) is 3.23. The number of benzene rings is 1. The molecule has 0 aliphatic carbocycles. The molecular formula is C23H23N5O2S. The predicted octanol–water partition coefficient (Wildman–Crippen LogP) is 3.85. The quantitative estimate of drug-likeness (QED) is 0.411.